The van der Waals surface area contributed by atoms with Gasteiger partial charge in [0.25, 0.3) is 0 Å². The SMILES string of the molecule is CC1COC2(CCN(Cc3cnn(CCS(C)(=O)=O)c3)CC2)c2cc(C(F)(F)F)sc21. The first-order valence-corrected chi connectivity index (χ1v) is 13.1. The molecule has 1 spiro atoms. The van der Waals surface area contributed by atoms with E-state index in [2.05, 4.69) is 10.00 Å². The molecule has 2 aliphatic heterocycles. The number of likely N-dealkylation sites (tertiary alicyclic amines) is 1. The van der Waals surface area contributed by atoms with Crippen molar-refractivity contribution in [2.45, 2.75) is 50.6 Å². The van der Waals surface area contributed by atoms with Gasteiger partial charge < -0.3 is 4.74 Å². The smallest absolute Gasteiger partial charge is 0.369 e. The Bertz CT molecular complexity index is 1040. The highest BCUT2D eigenvalue weighted by atomic mass is 32.2. The van der Waals surface area contributed by atoms with Crippen molar-refractivity contribution in [3.63, 3.8) is 0 Å². The largest absolute Gasteiger partial charge is 0.425 e. The maximum absolute atomic E-state index is 13.3. The molecule has 1 atom stereocenters. The van der Waals surface area contributed by atoms with Crippen LogP contribution < -0.4 is 0 Å². The third-order valence-electron chi connectivity index (χ3n) is 6.04. The van der Waals surface area contributed by atoms with Crippen LogP contribution in [-0.4, -0.2) is 54.8 Å². The fourth-order valence-electron chi connectivity index (χ4n) is 4.32. The molecule has 1 fully saturated rings. The van der Waals surface area contributed by atoms with Gasteiger partial charge in [0, 0.05) is 48.4 Å². The fraction of sp³-hybridized carbons (Fsp3) is 0.650. The van der Waals surface area contributed by atoms with Crippen LogP contribution in [0.4, 0.5) is 13.2 Å². The third-order valence-corrected chi connectivity index (χ3v) is 8.37. The number of halogens is 3. The topological polar surface area (TPSA) is 64.4 Å². The highest BCUT2D eigenvalue weighted by Crippen LogP contribution is 2.50. The number of alkyl halides is 3. The average Bonchev–Trinajstić information content (AvgIpc) is 3.32. The van der Waals surface area contributed by atoms with Crippen molar-refractivity contribution < 1.29 is 26.3 Å². The number of sulfone groups is 1. The zero-order chi connectivity index (χ0) is 22.4. The zero-order valence-electron chi connectivity index (χ0n) is 17.5. The van der Waals surface area contributed by atoms with E-state index in [4.69, 9.17) is 4.74 Å². The Morgan fingerprint density at radius 2 is 2.03 bits per heavy atom. The highest BCUT2D eigenvalue weighted by molar-refractivity contribution is 7.90. The van der Waals surface area contributed by atoms with E-state index in [0.717, 1.165) is 27.3 Å². The summed E-state index contributed by atoms with van der Waals surface area (Å²) >= 11 is 0.858. The first-order valence-electron chi connectivity index (χ1n) is 10.2. The van der Waals surface area contributed by atoms with Crippen LogP contribution >= 0.6 is 11.3 Å². The van der Waals surface area contributed by atoms with Crippen LogP contribution in [0.3, 0.4) is 0 Å². The number of nitrogens with zero attached hydrogens (tertiary/aromatic N) is 3. The quantitative estimate of drug-likeness (QED) is 0.658. The summed E-state index contributed by atoms with van der Waals surface area (Å²) in [6.07, 6.45) is 1.73. The van der Waals surface area contributed by atoms with Gasteiger partial charge in [-0.15, -0.1) is 11.3 Å². The molecular weight excluding hydrogens is 451 g/mol. The minimum Gasteiger partial charge on any atom is -0.369 e. The van der Waals surface area contributed by atoms with Crippen LogP contribution in [0.1, 0.15) is 46.6 Å². The molecule has 0 saturated carbocycles. The van der Waals surface area contributed by atoms with Crippen molar-refractivity contribution in [3.8, 4) is 0 Å². The summed E-state index contributed by atoms with van der Waals surface area (Å²) in [7, 11) is -3.05. The van der Waals surface area contributed by atoms with Crippen LogP contribution in [-0.2, 0) is 39.4 Å². The lowest BCUT2D eigenvalue weighted by Gasteiger charge is -2.45. The lowest BCUT2D eigenvalue weighted by molar-refractivity contribution is -0.134. The predicted octanol–water partition coefficient (Wildman–Crippen LogP) is 3.63. The van der Waals surface area contributed by atoms with Gasteiger partial charge in [0.15, 0.2) is 0 Å². The summed E-state index contributed by atoms with van der Waals surface area (Å²) in [5, 5.41) is 4.23. The molecule has 1 saturated heterocycles. The minimum absolute atomic E-state index is 0.0301. The Balaban J connectivity index is 1.42. The molecule has 4 heterocycles. The van der Waals surface area contributed by atoms with Crippen molar-refractivity contribution in [1.29, 1.82) is 0 Å². The highest BCUT2D eigenvalue weighted by Gasteiger charge is 2.46. The molecule has 172 valence electrons. The van der Waals surface area contributed by atoms with E-state index >= 15 is 0 Å². The van der Waals surface area contributed by atoms with Crippen molar-refractivity contribution in [1.82, 2.24) is 14.7 Å². The van der Waals surface area contributed by atoms with Gasteiger partial charge in [0.1, 0.15) is 14.7 Å². The Hall–Kier alpha value is -1.43. The maximum Gasteiger partial charge on any atom is 0.425 e. The van der Waals surface area contributed by atoms with E-state index in [9.17, 15) is 21.6 Å². The van der Waals surface area contributed by atoms with Crippen LogP contribution in [0.25, 0.3) is 0 Å². The predicted molar refractivity (Wildman–Crippen MR) is 112 cm³/mol. The molecule has 6 nitrogen and oxygen atoms in total. The monoisotopic (exact) mass is 477 g/mol. The van der Waals surface area contributed by atoms with Gasteiger partial charge in [-0.2, -0.15) is 18.3 Å². The fourth-order valence-corrected chi connectivity index (χ4v) is 5.99. The van der Waals surface area contributed by atoms with Crippen LogP contribution in [0.5, 0.6) is 0 Å². The zero-order valence-corrected chi connectivity index (χ0v) is 19.1. The summed E-state index contributed by atoms with van der Waals surface area (Å²) < 4.78 is 70.4. The number of ether oxygens (including phenoxy) is 1. The number of hydrogen-bond donors (Lipinski definition) is 0. The molecule has 0 radical (unpaired) electrons. The molecule has 0 amide bonds. The molecule has 2 aromatic heterocycles. The Kier molecular flexibility index (Phi) is 5.99. The first-order chi connectivity index (χ1) is 14.5. The molecule has 4 rings (SSSR count). The molecule has 0 bridgehead atoms. The molecule has 1 unspecified atom stereocenters. The maximum atomic E-state index is 13.3. The number of rotatable bonds is 5. The average molecular weight is 478 g/mol. The number of hydrogen-bond acceptors (Lipinski definition) is 6. The number of thiophene rings is 1. The summed E-state index contributed by atoms with van der Waals surface area (Å²) in [5.41, 5.74) is 1.06. The normalized spacial score (nSPS) is 22.0. The minimum atomic E-state index is -4.33. The number of aryl methyl sites for hydroxylation is 1. The third kappa shape index (κ3) is 4.99. The van der Waals surface area contributed by atoms with Gasteiger partial charge in [-0.05, 0) is 24.5 Å². The van der Waals surface area contributed by atoms with Gasteiger partial charge in [0.05, 0.1) is 30.7 Å². The van der Waals surface area contributed by atoms with Crippen LogP contribution in [0.15, 0.2) is 18.5 Å². The Labute approximate surface area is 183 Å². The van der Waals surface area contributed by atoms with E-state index < -0.39 is 26.5 Å². The second-order valence-electron chi connectivity index (χ2n) is 8.61. The second kappa shape index (κ2) is 8.17. The van der Waals surface area contributed by atoms with Gasteiger partial charge in [-0.3, -0.25) is 9.58 Å². The van der Waals surface area contributed by atoms with Crippen molar-refractivity contribution in [2.24, 2.45) is 0 Å². The van der Waals surface area contributed by atoms with Crippen LogP contribution in [0.2, 0.25) is 0 Å². The van der Waals surface area contributed by atoms with Gasteiger partial charge >= 0.3 is 6.18 Å². The van der Waals surface area contributed by atoms with Crippen molar-refractivity contribution in [3.05, 3.63) is 39.3 Å². The Morgan fingerprint density at radius 3 is 2.68 bits per heavy atom. The second-order valence-corrected chi connectivity index (χ2v) is 12.0. The summed E-state index contributed by atoms with van der Waals surface area (Å²) in [5.74, 6) is 0.0106. The standard InChI is InChI=1S/C20H26F3N3O3S2/c1-14-13-29-19(16-9-17(20(21,22)23)30-18(14)16)3-5-25(6-4-19)11-15-10-24-26(12-15)7-8-31(2,27)28/h9-10,12,14H,3-8,11,13H2,1-2H3. The molecule has 0 aliphatic carbocycles. The molecule has 0 aromatic carbocycles. The number of fused-ring (bicyclic) bond motifs is 2. The molecule has 11 heteroatoms. The molecule has 2 aliphatic rings. The lowest BCUT2D eigenvalue weighted by Crippen LogP contribution is -2.46. The van der Waals surface area contributed by atoms with Gasteiger partial charge in [-0.1, -0.05) is 6.92 Å². The molecule has 2 aromatic rings. The number of aromatic nitrogens is 2. The summed E-state index contributed by atoms with van der Waals surface area (Å²) in [6, 6.07) is 1.30. The van der Waals surface area contributed by atoms with E-state index in [-0.39, 0.29) is 11.7 Å². The van der Waals surface area contributed by atoms with Crippen LogP contribution in [0, 0.1) is 0 Å². The van der Waals surface area contributed by atoms with Crippen molar-refractivity contribution in [2.75, 3.05) is 31.7 Å². The molecular formula is C20H26F3N3O3S2. The molecule has 31 heavy (non-hydrogen) atoms. The van der Waals surface area contributed by atoms with Gasteiger partial charge in [0.2, 0.25) is 0 Å². The van der Waals surface area contributed by atoms with Gasteiger partial charge in [-0.25, -0.2) is 8.42 Å². The number of piperidine rings is 1. The Morgan fingerprint density at radius 1 is 1.32 bits per heavy atom. The van der Waals surface area contributed by atoms with E-state index in [0.29, 0.717) is 45.6 Å². The summed E-state index contributed by atoms with van der Waals surface area (Å²) in [6.45, 7) is 4.75. The van der Waals surface area contributed by atoms with E-state index in [1.165, 1.54) is 12.3 Å². The molecule has 0 N–H and O–H groups in total. The lowest BCUT2D eigenvalue weighted by atomic mass is 9.80. The van der Waals surface area contributed by atoms with E-state index in [1.54, 1.807) is 10.9 Å². The summed E-state index contributed by atoms with van der Waals surface area (Å²) in [4.78, 5) is 2.50. The first kappa shape index (κ1) is 22.8. The van der Waals surface area contributed by atoms with Crippen molar-refractivity contribution >= 4 is 21.2 Å². The van der Waals surface area contributed by atoms with E-state index in [1.807, 2.05) is 13.1 Å².